The van der Waals surface area contributed by atoms with Gasteiger partial charge < -0.3 is 5.32 Å². The molecule has 0 spiro atoms. The maximum absolute atomic E-state index is 11.0. The van der Waals surface area contributed by atoms with Crippen LogP contribution in [0.4, 0.5) is 17.2 Å². The van der Waals surface area contributed by atoms with Crippen LogP contribution in [0.15, 0.2) is 28.9 Å². The Morgan fingerprint density at radius 2 is 2.05 bits per heavy atom. The summed E-state index contributed by atoms with van der Waals surface area (Å²) in [6.45, 7) is 3.63. The van der Waals surface area contributed by atoms with Gasteiger partial charge in [0.25, 0.3) is 5.69 Å². The van der Waals surface area contributed by atoms with E-state index < -0.39 is 4.92 Å². The zero-order valence-electron chi connectivity index (χ0n) is 11.4. The van der Waals surface area contributed by atoms with Crippen LogP contribution in [0, 0.1) is 24.0 Å². The number of hydrogen-bond donors (Lipinski definition) is 1. The summed E-state index contributed by atoms with van der Waals surface area (Å²) >= 11 is 3.38. The lowest BCUT2D eigenvalue weighted by molar-refractivity contribution is -0.384. The van der Waals surface area contributed by atoms with E-state index in [1.165, 1.54) is 12.1 Å². The number of aromatic nitrogens is 1. The number of hydrogen-bond acceptors (Lipinski definition) is 5. The second kappa shape index (κ2) is 6.01. The molecule has 6 nitrogen and oxygen atoms in total. The number of halogens is 1. The lowest BCUT2D eigenvalue weighted by atomic mass is 10.1. The van der Waals surface area contributed by atoms with Gasteiger partial charge in [0.1, 0.15) is 5.82 Å². The molecule has 108 valence electrons. The van der Waals surface area contributed by atoms with E-state index in [1.54, 1.807) is 13.1 Å². The largest absolute Gasteiger partial charge is 0.339 e. The molecule has 0 bridgehead atoms. The summed E-state index contributed by atoms with van der Waals surface area (Å²) in [6.07, 6.45) is 2.28. The molecule has 1 N–H and O–H groups in total. The van der Waals surface area contributed by atoms with Gasteiger partial charge in [0.15, 0.2) is 6.29 Å². The van der Waals surface area contributed by atoms with Gasteiger partial charge in [-0.05, 0) is 47.0 Å². The number of rotatable bonds is 4. The van der Waals surface area contributed by atoms with E-state index in [9.17, 15) is 14.9 Å². The first-order valence-electron chi connectivity index (χ1n) is 6.05. The van der Waals surface area contributed by atoms with Crippen molar-refractivity contribution in [1.29, 1.82) is 0 Å². The third kappa shape index (κ3) is 3.25. The Labute approximate surface area is 129 Å². The van der Waals surface area contributed by atoms with Gasteiger partial charge in [-0.3, -0.25) is 14.9 Å². The molecular formula is C14H12BrN3O3. The van der Waals surface area contributed by atoms with Crippen molar-refractivity contribution in [3.63, 3.8) is 0 Å². The fourth-order valence-electron chi connectivity index (χ4n) is 1.83. The predicted molar refractivity (Wildman–Crippen MR) is 83.2 cm³/mol. The number of carbonyl (C=O) groups is 1. The SMILES string of the molecule is Cc1cnc(Nc2cc([N+](=O)[O-])cc(C=O)c2C)c(Br)c1. The van der Waals surface area contributed by atoms with E-state index in [4.69, 9.17) is 0 Å². The van der Waals surface area contributed by atoms with E-state index >= 15 is 0 Å². The first kappa shape index (κ1) is 15.1. The van der Waals surface area contributed by atoms with Crippen molar-refractivity contribution >= 4 is 39.4 Å². The van der Waals surface area contributed by atoms with Crippen molar-refractivity contribution in [2.24, 2.45) is 0 Å². The van der Waals surface area contributed by atoms with E-state index in [1.807, 2.05) is 13.0 Å². The molecule has 0 aliphatic carbocycles. The molecule has 2 rings (SSSR count). The Morgan fingerprint density at radius 1 is 1.33 bits per heavy atom. The van der Waals surface area contributed by atoms with Crippen molar-refractivity contribution in [1.82, 2.24) is 4.98 Å². The van der Waals surface area contributed by atoms with Gasteiger partial charge in [0.05, 0.1) is 15.1 Å². The monoisotopic (exact) mass is 349 g/mol. The molecule has 0 radical (unpaired) electrons. The zero-order valence-corrected chi connectivity index (χ0v) is 13.0. The number of nitro groups is 1. The molecule has 0 aliphatic heterocycles. The number of carbonyl (C=O) groups excluding carboxylic acids is 1. The summed E-state index contributed by atoms with van der Waals surface area (Å²) < 4.78 is 0.737. The van der Waals surface area contributed by atoms with Crippen molar-refractivity contribution in [3.05, 3.63) is 55.7 Å². The first-order chi connectivity index (χ1) is 9.92. The minimum absolute atomic E-state index is 0.145. The fraction of sp³-hybridized carbons (Fsp3) is 0.143. The summed E-state index contributed by atoms with van der Waals surface area (Å²) in [5.74, 6) is 0.529. The second-order valence-electron chi connectivity index (χ2n) is 4.55. The van der Waals surface area contributed by atoms with E-state index in [-0.39, 0.29) is 11.3 Å². The van der Waals surface area contributed by atoms with Crippen LogP contribution in [0.25, 0.3) is 0 Å². The third-order valence-electron chi connectivity index (χ3n) is 3.00. The highest BCUT2D eigenvalue weighted by atomic mass is 79.9. The fourth-order valence-corrected chi connectivity index (χ4v) is 2.39. The molecule has 0 aliphatic rings. The molecule has 0 fully saturated rings. The van der Waals surface area contributed by atoms with E-state index in [2.05, 4.69) is 26.2 Å². The van der Waals surface area contributed by atoms with Gasteiger partial charge >= 0.3 is 0 Å². The molecular weight excluding hydrogens is 338 g/mol. The average molecular weight is 350 g/mol. The van der Waals surface area contributed by atoms with Crippen LogP contribution in [-0.2, 0) is 0 Å². The number of anilines is 2. The Kier molecular flexibility index (Phi) is 4.32. The van der Waals surface area contributed by atoms with Gasteiger partial charge in [-0.25, -0.2) is 4.98 Å². The third-order valence-corrected chi connectivity index (χ3v) is 3.61. The standard InChI is InChI=1S/C14H12BrN3O3/c1-8-3-12(15)14(16-6-8)17-13-5-11(18(20)21)4-10(7-19)9(13)2/h3-7H,1-2H3,(H,16,17). The van der Waals surface area contributed by atoms with Crippen LogP contribution >= 0.6 is 15.9 Å². The molecule has 21 heavy (non-hydrogen) atoms. The van der Waals surface area contributed by atoms with Crippen LogP contribution in [0.2, 0.25) is 0 Å². The molecule has 0 saturated carbocycles. The van der Waals surface area contributed by atoms with Crippen molar-refractivity contribution in [3.8, 4) is 0 Å². The van der Waals surface area contributed by atoms with Gasteiger partial charge in [0, 0.05) is 23.9 Å². The minimum atomic E-state index is -0.533. The highest BCUT2D eigenvalue weighted by Crippen LogP contribution is 2.30. The van der Waals surface area contributed by atoms with Crippen molar-refractivity contribution < 1.29 is 9.72 Å². The lowest BCUT2D eigenvalue weighted by Gasteiger charge is -2.12. The Morgan fingerprint density at radius 3 is 2.62 bits per heavy atom. The quantitative estimate of drug-likeness (QED) is 0.513. The molecule has 1 heterocycles. The molecule has 7 heteroatoms. The smallest absolute Gasteiger partial charge is 0.272 e. The van der Waals surface area contributed by atoms with Crippen molar-refractivity contribution in [2.75, 3.05) is 5.32 Å². The Balaban J connectivity index is 2.50. The summed E-state index contributed by atoms with van der Waals surface area (Å²) in [5.41, 5.74) is 2.22. The number of pyridine rings is 1. The molecule has 0 atom stereocenters. The minimum Gasteiger partial charge on any atom is -0.339 e. The van der Waals surface area contributed by atoms with Crippen LogP contribution < -0.4 is 5.32 Å². The van der Waals surface area contributed by atoms with Gasteiger partial charge in [-0.1, -0.05) is 0 Å². The second-order valence-corrected chi connectivity index (χ2v) is 5.40. The number of aryl methyl sites for hydroxylation is 1. The van der Waals surface area contributed by atoms with Crippen LogP contribution in [0.5, 0.6) is 0 Å². The Hall–Kier alpha value is -2.28. The number of nitro benzene ring substituents is 1. The normalized spacial score (nSPS) is 10.2. The summed E-state index contributed by atoms with van der Waals surface area (Å²) in [7, 11) is 0. The highest BCUT2D eigenvalue weighted by Gasteiger charge is 2.15. The molecule has 1 aromatic heterocycles. The van der Waals surface area contributed by atoms with Crippen molar-refractivity contribution in [2.45, 2.75) is 13.8 Å². The number of nitrogens with zero attached hydrogens (tertiary/aromatic N) is 2. The summed E-state index contributed by atoms with van der Waals surface area (Å²) in [6, 6.07) is 4.52. The number of nitrogens with one attached hydrogen (secondary N) is 1. The average Bonchev–Trinajstić information content (AvgIpc) is 2.43. The van der Waals surface area contributed by atoms with E-state index in [0.717, 1.165) is 10.0 Å². The number of aldehydes is 1. The van der Waals surface area contributed by atoms with Crippen LogP contribution in [-0.4, -0.2) is 16.2 Å². The lowest BCUT2D eigenvalue weighted by Crippen LogP contribution is -2.01. The number of benzene rings is 1. The molecule has 0 amide bonds. The summed E-state index contributed by atoms with van der Waals surface area (Å²) in [5, 5.41) is 13.9. The Bertz CT molecular complexity index is 732. The van der Waals surface area contributed by atoms with Crippen LogP contribution in [0.1, 0.15) is 21.5 Å². The van der Waals surface area contributed by atoms with Crippen LogP contribution in [0.3, 0.4) is 0 Å². The topological polar surface area (TPSA) is 85.1 Å². The summed E-state index contributed by atoms with van der Waals surface area (Å²) in [4.78, 5) is 25.7. The highest BCUT2D eigenvalue weighted by molar-refractivity contribution is 9.10. The van der Waals surface area contributed by atoms with E-state index in [0.29, 0.717) is 23.4 Å². The number of non-ortho nitro benzene ring substituents is 1. The molecule has 0 saturated heterocycles. The van der Waals surface area contributed by atoms with Gasteiger partial charge in [-0.2, -0.15) is 0 Å². The molecule has 2 aromatic rings. The zero-order chi connectivity index (χ0) is 15.6. The van der Waals surface area contributed by atoms with Gasteiger partial charge in [0.2, 0.25) is 0 Å². The maximum atomic E-state index is 11.0. The maximum Gasteiger partial charge on any atom is 0.272 e. The predicted octanol–water partition coefficient (Wildman–Crippen LogP) is 3.93. The molecule has 0 unspecified atom stereocenters. The molecule has 1 aromatic carbocycles. The first-order valence-corrected chi connectivity index (χ1v) is 6.85. The van der Waals surface area contributed by atoms with Gasteiger partial charge in [-0.15, -0.1) is 0 Å².